The van der Waals surface area contributed by atoms with Gasteiger partial charge in [0.15, 0.2) is 0 Å². The van der Waals surface area contributed by atoms with E-state index in [0.717, 1.165) is 38.3 Å². The monoisotopic (exact) mass is 554 g/mol. The van der Waals surface area contributed by atoms with Crippen LogP contribution in [0.2, 0.25) is 5.02 Å². The van der Waals surface area contributed by atoms with Gasteiger partial charge in [-0.25, -0.2) is 17.2 Å². The van der Waals surface area contributed by atoms with Gasteiger partial charge in [-0.1, -0.05) is 25.4 Å². The van der Waals surface area contributed by atoms with E-state index in [1.165, 1.54) is 22.5 Å². The lowest BCUT2D eigenvalue weighted by atomic mass is 9.82. The molecule has 3 atom stereocenters. The van der Waals surface area contributed by atoms with Crippen molar-refractivity contribution in [1.29, 1.82) is 0 Å². The molecule has 5 nitrogen and oxygen atoms in total. The predicted octanol–water partition coefficient (Wildman–Crippen LogP) is 6.43. The van der Waals surface area contributed by atoms with Crippen LogP contribution in [0.1, 0.15) is 76.0 Å². The van der Waals surface area contributed by atoms with Crippen LogP contribution in [-0.4, -0.2) is 48.1 Å². The summed E-state index contributed by atoms with van der Waals surface area (Å²) in [6.07, 6.45) is 4.10. The maximum atomic E-state index is 14.3. The molecule has 204 valence electrons. The van der Waals surface area contributed by atoms with Crippen LogP contribution in [0.15, 0.2) is 41.3 Å². The van der Waals surface area contributed by atoms with E-state index in [1.54, 1.807) is 19.1 Å². The average Bonchev–Trinajstić information content (AvgIpc) is 3.63. The molecule has 4 rings (SSSR count). The summed E-state index contributed by atoms with van der Waals surface area (Å²) in [5, 5.41) is 11.6. The highest BCUT2D eigenvalue weighted by atomic mass is 35.5. The number of rotatable bonds is 10. The van der Waals surface area contributed by atoms with Crippen molar-refractivity contribution >= 4 is 21.6 Å². The van der Waals surface area contributed by atoms with Crippen molar-refractivity contribution in [1.82, 2.24) is 9.21 Å². The molecule has 0 aromatic heterocycles. The SMILES string of the molecule is CCCN(CC)C(O)CC1([C@H]2CCC[C@@H](c3cc(F)cc(F)c3)N2S(=O)(=O)c2ccc(Cl)c(C)c2)CC1. The van der Waals surface area contributed by atoms with E-state index in [9.17, 15) is 22.3 Å². The van der Waals surface area contributed by atoms with Gasteiger partial charge in [0.25, 0.3) is 0 Å². The van der Waals surface area contributed by atoms with E-state index in [2.05, 4.69) is 6.92 Å². The Morgan fingerprint density at radius 3 is 2.38 bits per heavy atom. The molecule has 9 heteroatoms. The molecule has 0 amide bonds. The Labute approximate surface area is 224 Å². The van der Waals surface area contributed by atoms with E-state index in [-0.39, 0.29) is 10.3 Å². The fourth-order valence-corrected chi connectivity index (χ4v) is 8.15. The average molecular weight is 555 g/mol. The van der Waals surface area contributed by atoms with Gasteiger partial charge in [0.05, 0.1) is 10.9 Å². The number of piperidine rings is 1. The Balaban J connectivity index is 1.78. The summed E-state index contributed by atoms with van der Waals surface area (Å²) in [6, 6.07) is 6.79. The van der Waals surface area contributed by atoms with Crippen LogP contribution in [0.3, 0.4) is 0 Å². The third-order valence-electron chi connectivity index (χ3n) is 8.07. The molecular weight excluding hydrogens is 518 g/mol. The van der Waals surface area contributed by atoms with Crippen molar-refractivity contribution in [2.24, 2.45) is 5.41 Å². The molecule has 2 fully saturated rings. The van der Waals surface area contributed by atoms with E-state index < -0.39 is 40.0 Å². The molecule has 0 bridgehead atoms. The van der Waals surface area contributed by atoms with Gasteiger partial charge in [0, 0.05) is 23.7 Å². The molecule has 2 aromatic carbocycles. The Hall–Kier alpha value is -1.58. The van der Waals surface area contributed by atoms with E-state index in [0.29, 0.717) is 42.0 Å². The van der Waals surface area contributed by atoms with Crippen molar-refractivity contribution in [3.05, 3.63) is 64.2 Å². The first-order valence-corrected chi connectivity index (χ1v) is 15.0. The minimum atomic E-state index is -4.05. The predicted molar refractivity (Wildman–Crippen MR) is 142 cm³/mol. The third kappa shape index (κ3) is 5.88. The first-order valence-electron chi connectivity index (χ1n) is 13.2. The summed E-state index contributed by atoms with van der Waals surface area (Å²) in [7, 11) is -4.05. The lowest BCUT2D eigenvalue weighted by Gasteiger charge is -2.46. The molecular formula is C28H37ClF2N2O3S. The first-order chi connectivity index (χ1) is 17.5. The highest BCUT2D eigenvalue weighted by molar-refractivity contribution is 7.89. The number of aryl methyl sites for hydroxylation is 1. The van der Waals surface area contributed by atoms with Crippen LogP contribution in [-0.2, 0) is 10.0 Å². The minimum Gasteiger partial charge on any atom is -0.378 e. The summed E-state index contributed by atoms with van der Waals surface area (Å²) in [4.78, 5) is 2.13. The summed E-state index contributed by atoms with van der Waals surface area (Å²) < 4.78 is 58.6. The van der Waals surface area contributed by atoms with Crippen molar-refractivity contribution in [3.8, 4) is 0 Å². The highest BCUT2D eigenvalue weighted by Crippen LogP contribution is 2.59. The van der Waals surface area contributed by atoms with Gasteiger partial charge in [-0.05, 0) is 105 Å². The Morgan fingerprint density at radius 1 is 1.14 bits per heavy atom. The van der Waals surface area contributed by atoms with Gasteiger partial charge < -0.3 is 5.11 Å². The van der Waals surface area contributed by atoms with Crippen molar-refractivity contribution in [3.63, 3.8) is 0 Å². The van der Waals surface area contributed by atoms with Crippen LogP contribution in [0.25, 0.3) is 0 Å². The number of hydrogen-bond acceptors (Lipinski definition) is 4. The molecule has 1 aliphatic carbocycles. The van der Waals surface area contributed by atoms with Gasteiger partial charge in [-0.2, -0.15) is 4.31 Å². The smallest absolute Gasteiger partial charge is 0.243 e. The standard InChI is InChI=1S/C28H37ClF2N2O3S/c1-4-13-32(5-2)27(34)18-28(11-12-28)26-8-6-7-25(20-15-21(30)17-22(31)16-20)33(26)37(35,36)23-9-10-24(29)19(3)14-23/h9-10,14-17,25-27,34H,4-8,11-13,18H2,1-3H3/t25-,26+,27?/m0/s1. The molecule has 2 aliphatic rings. The van der Waals surface area contributed by atoms with Crippen LogP contribution in [0.4, 0.5) is 8.78 Å². The quantitative estimate of drug-likeness (QED) is 0.344. The number of aliphatic hydroxyl groups excluding tert-OH is 1. The summed E-state index contributed by atoms with van der Waals surface area (Å²) >= 11 is 6.19. The fourth-order valence-electron chi connectivity index (χ4n) is 6.00. The minimum absolute atomic E-state index is 0.112. The van der Waals surface area contributed by atoms with Crippen LogP contribution in [0, 0.1) is 24.0 Å². The van der Waals surface area contributed by atoms with Gasteiger partial charge in [0.2, 0.25) is 10.0 Å². The molecule has 0 radical (unpaired) electrons. The van der Waals surface area contributed by atoms with Crippen LogP contribution < -0.4 is 0 Å². The van der Waals surface area contributed by atoms with E-state index in [1.807, 2.05) is 11.8 Å². The Kier molecular flexibility index (Phi) is 8.65. The van der Waals surface area contributed by atoms with Gasteiger partial charge >= 0.3 is 0 Å². The number of halogens is 3. The lowest BCUT2D eigenvalue weighted by Crippen LogP contribution is -2.51. The molecule has 2 aromatic rings. The zero-order valence-electron chi connectivity index (χ0n) is 21.8. The number of nitrogens with zero attached hydrogens (tertiary/aromatic N) is 2. The number of sulfonamides is 1. The van der Waals surface area contributed by atoms with Crippen LogP contribution in [0.5, 0.6) is 0 Å². The topological polar surface area (TPSA) is 60.9 Å². The van der Waals surface area contributed by atoms with Gasteiger partial charge in [-0.3, -0.25) is 4.90 Å². The number of benzene rings is 2. The van der Waals surface area contributed by atoms with Crippen molar-refractivity contribution in [2.45, 2.75) is 88.9 Å². The fraction of sp³-hybridized carbons (Fsp3) is 0.571. The van der Waals surface area contributed by atoms with Gasteiger partial charge in [-0.15, -0.1) is 0 Å². The van der Waals surface area contributed by atoms with E-state index >= 15 is 0 Å². The Bertz CT molecular complexity index is 1200. The van der Waals surface area contributed by atoms with Crippen LogP contribution >= 0.6 is 11.6 Å². The molecule has 1 aliphatic heterocycles. The molecule has 1 saturated heterocycles. The second-order valence-corrected chi connectivity index (χ2v) is 12.8. The largest absolute Gasteiger partial charge is 0.378 e. The zero-order chi connectivity index (χ0) is 27.0. The first kappa shape index (κ1) is 28.4. The summed E-state index contributed by atoms with van der Waals surface area (Å²) in [5.74, 6) is -1.46. The highest BCUT2D eigenvalue weighted by Gasteiger charge is 2.57. The Morgan fingerprint density at radius 2 is 1.81 bits per heavy atom. The lowest BCUT2D eigenvalue weighted by molar-refractivity contribution is -0.0286. The second kappa shape index (κ2) is 11.3. The zero-order valence-corrected chi connectivity index (χ0v) is 23.3. The molecule has 1 N–H and O–H groups in total. The summed E-state index contributed by atoms with van der Waals surface area (Å²) in [5.41, 5.74) is 0.563. The number of aliphatic hydroxyl groups is 1. The maximum Gasteiger partial charge on any atom is 0.243 e. The molecule has 1 saturated carbocycles. The third-order valence-corrected chi connectivity index (χ3v) is 10.4. The maximum absolute atomic E-state index is 14.3. The van der Waals surface area contributed by atoms with Crippen molar-refractivity contribution < 1.29 is 22.3 Å². The van der Waals surface area contributed by atoms with E-state index in [4.69, 9.17) is 11.6 Å². The molecule has 0 spiro atoms. The second-order valence-electron chi connectivity index (χ2n) is 10.6. The molecule has 1 heterocycles. The van der Waals surface area contributed by atoms with Crippen molar-refractivity contribution in [2.75, 3.05) is 13.1 Å². The molecule has 1 unspecified atom stereocenters. The normalized spacial score (nSPS) is 22.8. The van der Waals surface area contributed by atoms with Gasteiger partial charge in [0.1, 0.15) is 17.9 Å². The number of hydrogen-bond donors (Lipinski definition) is 1. The molecule has 37 heavy (non-hydrogen) atoms. The summed E-state index contributed by atoms with van der Waals surface area (Å²) in [6.45, 7) is 7.28.